The molecule has 3 aromatic carbocycles. The molecule has 7 heteroatoms. The Morgan fingerprint density at radius 2 is 1.31 bits per heavy atom. The minimum atomic E-state index is 0.0830. The lowest BCUT2D eigenvalue weighted by Crippen LogP contribution is -2.25. The SMILES string of the molecule is CCCCn1c(-c2ccccc2Oc2ccc(C(C)(C)C)cc2)nc2c(OCCCN(CC)CC)cc(OCCCN(CC)CC)cc21. The Morgan fingerprint density at radius 3 is 1.92 bits per heavy atom. The van der Waals surface area contributed by atoms with Gasteiger partial charge in [0.1, 0.15) is 28.6 Å². The van der Waals surface area contributed by atoms with Gasteiger partial charge >= 0.3 is 0 Å². The van der Waals surface area contributed by atoms with Crippen molar-refractivity contribution in [3.63, 3.8) is 0 Å². The number of unbranched alkanes of at least 4 members (excludes halogenated alkanes) is 1. The standard InChI is InChI=1S/C41H60N4O3/c1-9-14-27-45-36-30-34(46-28-17-25-43(10-2)11-3)31-38(47-29-18-26-44(12-4)13-5)39(36)42-40(45)35-19-15-16-20-37(35)48-33-23-21-32(22-24-33)41(6,7)8/h15-16,19-24,30-31H,9-14,17-18,25-29H2,1-8H3. The number of para-hydroxylation sites is 1. The molecule has 0 N–H and O–H groups in total. The lowest BCUT2D eigenvalue weighted by Gasteiger charge is -2.19. The molecule has 0 radical (unpaired) electrons. The van der Waals surface area contributed by atoms with E-state index in [0.717, 1.165) is 117 Å². The molecular formula is C41H60N4O3. The summed E-state index contributed by atoms with van der Waals surface area (Å²) in [5.74, 6) is 4.08. The Hall–Kier alpha value is -3.55. The van der Waals surface area contributed by atoms with E-state index in [2.05, 4.69) is 112 Å². The van der Waals surface area contributed by atoms with Crippen LogP contribution in [0.4, 0.5) is 0 Å². The maximum Gasteiger partial charge on any atom is 0.150 e. The first-order valence-electron chi connectivity index (χ1n) is 18.3. The van der Waals surface area contributed by atoms with E-state index in [9.17, 15) is 0 Å². The number of ether oxygens (including phenoxy) is 3. The fourth-order valence-electron chi connectivity index (χ4n) is 6.03. The molecule has 0 aliphatic heterocycles. The maximum absolute atomic E-state index is 6.55. The third kappa shape index (κ3) is 9.99. The van der Waals surface area contributed by atoms with Gasteiger partial charge in [-0.1, -0.05) is 86.1 Å². The first-order valence-corrected chi connectivity index (χ1v) is 18.3. The van der Waals surface area contributed by atoms with Crippen molar-refractivity contribution >= 4 is 11.0 Å². The zero-order valence-electron chi connectivity index (χ0n) is 31.0. The molecule has 0 atom stereocenters. The summed E-state index contributed by atoms with van der Waals surface area (Å²) in [7, 11) is 0. The van der Waals surface area contributed by atoms with Crippen LogP contribution < -0.4 is 14.2 Å². The fourth-order valence-corrected chi connectivity index (χ4v) is 6.03. The van der Waals surface area contributed by atoms with Gasteiger partial charge in [-0.2, -0.15) is 0 Å². The van der Waals surface area contributed by atoms with Crippen LogP contribution in [0.1, 0.15) is 86.6 Å². The molecule has 0 unspecified atom stereocenters. The van der Waals surface area contributed by atoms with Gasteiger partial charge in [-0.3, -0.25) is 0 Å². The quantitative estimate of drug-likeness (QED) is 0.0883. The van der Waals surface area contributed by atoms with Crippen molar-refractivity contribution in [2.45, 2.75) is 93.0 Å². The van der Waals surface area contributed by atoms with Gasteiger partial charge in [0, 0.05) is 31.8 Å². The highest BCUT2D eigenvalue weighted by atomic mass is 16.5. The van der Waals surface area contributed by atoms with E-state index in [1.807, 2.05) is 18.2 Å². The average Bonchev–Trinajstić information content (AvgIpc) is 3.45. The monoisotopic (exact) mass is 656 g/mol. The number of rotatable bonds is 20. The lowest BCUT2D eigenvalue weighted by molar-refractivity contribution is 0.243. The smallest absolute Gasteiger partial charge is 0.150 e. The summed E-state index contributed by atoms with van der Waals surface area (Å²) in [5.41, 5.74) is 4.21. The second kappa shape index (κ2) is 18.3. The molecule has 4 aromatic rings. The zero-order valence-corrected chi connectivity index (χ0v) is 31.0. The van der Waals surface area contributed by atoms with Gasteiger partial charge in [-0.15, -0.1) is 0 Å². The Bertz CT molecular complexity index is 1530. The van der Waals surface area contributed by atoms with Gasteiger partial charge in [0.2, 0.25) is 0 Å². The van der Waals surface area contributed by atoms with Crippen LogP contribution in [0.2, 0.25) is 0 Å². The lowest BCUT2D eigenvalue weighted by atomic mass is 9.87. The summed E-state index contributed by atoms with van der Waals surface area (Å²) in [6.45, 7) is 26.1. The van der Waals surface area contributed by atoms with Gasteiger partial charge in [-0.05, 0) is 80.7 Å². The van der Waals surface area contributed by atoms with Crippen LogP contribution in [0.15, 0.2) is 60.7 Å². The predicted octanol–water partition coefficient (Wildman–Crippen LogP) is 9.81. The van der Waals surface area contributed by atoms with Crippen molar-refractivity contribution < 1.29 is 14.2 Å². The molecule has 4 rings (SSSR count). The van der Waals surface area contributed by atoms with E-state index in [-0.39, 0.29) is 5.41 Å². The minimum absolute atomic E-state index is 0.0830. The molecule has 0 aliphatic carbocycles. The van der Waals surface area contributed by atoms with Crippen molar-refractivity contribution in [1.29, 1.82) is 0 Å². The molecule has 1 heterocycles. The summed E-state index contributed by atoms with van der Waals surface area (Å²) in [5, 5.41) is 0. The number of nitrogens with zero attached hydrogens (tertiary/aromatic N) is 4. The van der Waals surface area contributed by atoms with Crippen molar-refractivity contribution in [3.8, 4) is 34.4 Å². The van der Waals surface area contributed by atoms with E-state index < -0.39 is 0 Å². The Labute approximate surface area is 290 Å². The second-order valence-corrected chi connectivity index (χ2v) is 13.6. The van der Waals surface area contributed by atoms with Crippen LogP contribution in [-0.2, 0) is 12.0 Å². The number of imidazole rings is 1. The van der Waals surface area contributed by atoms with Crippen molar-refractivity contribution in [1.82, 2.24) is 19.4 Å². The third-order valence-corrected chi connectivity index (χ3v) is 9.16. The Balaban J connectivity index is 1.72. The predicted molar refractivity (Wildman–Crippen MR) is 201 cm³/mol. The number of aromatic nitrogens is 2. The Kier molecular flexibility index (Phi) is 14.2. The molecule has 0 saturated carbocycles. The van der Waals surface area contributed by atoms with Gasteiger partial charge in [0.25, 0.3) is 0 Å². The highest BCUT2D eigenvalue weighted by molar-refractivity contribution is 5.88. The van der Waals surface area contributed by atoms with Gasteiger partial charge in [0.15, 0.2) is 5.75 Å². The van der Waals surface area contributed by atoms with E-state index in [1.165, 1.54) is 5.56 Å². The Morgan fingerprint density at radius 1 is 0.688 bits per heavy atom. The third-order valence-electron chi connectivity index (χ3n) is 9.16. The molecule has 48 heavy (non-hydrogen) atoms. The molecule has 0 spiro atoms. The number of aryl methyl sites for hydroxylation is 1. The normalized spacial score (nSPS) is 12.0. The molecule has 0 saturated heterocycles. The van der Waals surface area contributed by atoms with Gasteiger partial charge in [0.05, 0.1) is 24.3 Å². The molecule has 7 nitrogen and oxygen atoms in total. The molecule has 1 aromatic heterocycles. The summed E-state index contributed by atoms with van der Waals surface area (Å²) in [4.78, 5) is 10.2. The average molecular weight is 657 g/mol. The highest BCUT2D eigenvalue weighted by Crippen LogP contribution is 2.39. The van der Waals surface area contributed by atoms with Crippen molar-refractivity contribution in [2.75, 3.05) is 52.5 Å². The highest BCUT2D eigenvalue weighted by Gasteiger charge is 2.21. The molecule has 0 bridgehead atoms. The molecule has 0 amide bonds. The molecule has 0 fully saturated rings. The van der Waals surface area contributed by atoms with Crippen LogP contribution in [0, 0.1) is 0 Å². The van der Waals surface area contributed by atoms with Crippen molar-refractivity contribution in [3.05, 3.63) is 66.2 Å². The molecule has 262 valence electrons. The first kappa shape index (κ1) is 37.3. The number of hydrogen-bond acceptors (Lipinski definition) is 6. The van der Waals surface area contributed by atoms with Crippen LogP contribution >= 0.6 is 0 Å². The van der Waals surface area contributed by atoms with Crippen molar-refractivity contribution in [2.24, 2.45) is 0 Å². The van der Waals surface area contributed by atoms with Gasteiger partial charge in [-0.25, -0.2) is 4.98 Å². The van der Waals surface area contributed by atoms with Crippen LogP contribution in [0.3, 0.4) is 0 Å². The van der Waals surface area contributed by atoms with Gasteiger partial charge < -0.3 is 28.6 Å². The summed E-state index contributed by atoms with van der Waals surface area (Å²) in [6, 6.07) is 20.8. The van der Waals surface area contributed by atoms with Crippen LogP contribution in [-0.4, -0.2) is 71.8 Å². The second-order valence-electron chi connectivity index (χ2n) is 13.6. The van der Waals surface area contributed by atoms with Crippen LogP contribution in [0.25, 0.3) is 22.4 Å². The van der Waals surface area contributed by atoms with E-state index in [1.54, 1.807) is 0 Å². The number of hydrogen-bond donors (Lipinski definition) is 0. The maximum atomic E-state index is 6.55. The zero-order chi connectivity index (χ0) is 34.5. The largest absolute Gasteiger partial charge is 0.493 e. The van der Waals surface area contributed by atoms with E-state index in [0.29, 0.717) is 13.2 Å². The summed E-state index contributed by atoms with van der Waals surface area (Å²) >= 11 is 0. The van der Waals surface area contributed by atoms with E-state index >= 15 is 0 Å². The number of fused-ring (bicyclic) bond motifs is 1. The summed E-state index contributed by atoms with van der Waals surface area (Å²) < 4.78 is 21.8. The minimum Gasteiger partial charge on any atom is -0.493 e. The fraction of sp³-hybridized carbons (Fsp3) is 0.537. The molecular weight excluding hydrogens is 596 g/mol. The molecule has 0 aliphatic rings. The summed E-state index contributed by atoms with van der Waals surface area (Å²) in [6.07, 6.45) is 4.03. The number of benzene rings is 3. The van der Waals surface area contributed by atoms with E-state index in [4.69, 9.17) is 19.2 Å². The topological polar surface area (TPSA) is 52.0 Å². The first-order chi connectivity index (χ1) is 23.2. The van der Waals surface area contributed by atoms with Crippen LogP contribution in [0.5, 0.6) is 23.0 Å².